The van der Waals surface area contributed by atoms with E-state index in [2.05, 4.69) is 0 Å². The summed E-state index contributed by atoms with van der Waals surface area (Å²) in [4.78, 5) is 47.0. The molecule has 3 amide bonds. The molecule has 2 bridgehead atoms. The number of hydrogen-bond donors (Lipinski definition) is 1. The van der Waals surface area contributed by atoms with Gasteiger partial charge in [0.1, 0.15) is 0 Å². The van der Waals surface area contributed by atoms with Crippen LogP contribution >= 0.6 is 0 Å². The Labute approximate surface area is 250 Å². The predicted molar refractivity (Wildman–Crippen MR) is 166 cm³/mol. The molecule has 214 valence electrons. The highest BCUT2D eigenvalue weighted by Crippen LogP contribution is 2.42. The Balaban J connectivity index is 1.27. The summed E-state index contributed by atoms with van der Waals surface area (Å²) in [6.07, 6.45) is 5.10. The largest absolute Gasteiger partial charge is 0.480 e. The second-order valence-electron chi connectivity index (χ2n) is 11.3. The highest BCUT2D eigenvalue weighted by molar-refractivity contribution is 6.06. The number of likely N-dealkylation sites (tertiary alicyclic amines) is 1. The molecule has 0 radical (unpaired) electrons. The zero-order valence-corrected chi connectivity index (χ0v) is 23.5. The Bertz CT molecular complexity index is 1630. The second-order valence-corrected chi connectivity index (χ2v) is 11.3. The van der Waals surface area contributed by atoms with Gasteiger partial charge in [0.05, 0.1) is 23.3 Å². The summed E-state index contributed by atoms with van der Waals surface area (Å²) in [6, 6.07) is 32.0. The third-order valence-corrected chi connectivity index (χ3v) is 8.91. The van der Waals surface area contributed by atoms with Gasteiger partial charge in [0, 0.05) is 12.6 Å². The van der Waals surface area contributed by atoms with Crippen molar-refractivity contribution in [1.29, 1.82) is 0 Å². The normalized spacial score (nSPS) is 20.4. The van der Waals surface area contributed by atoms with Gasteiger partial charge in [0.25, 0.3) is 0 Å². The zero-order chi connectivity index (χ0) is 29.5. The van der Waals surface area contributed by atoms with E-state index in [1.165, 1.54) is 4.90 Å². The first-order valence-corrected chi connectivity index (χ1v) is 14.6. The van der Waals surface area contributed by atoms with Crippen LogP contribution < -0.4 is 4.90 Å². The topological polar surface area (TPSA) is 81.2 Å². The number of rotatable bonds is 4. The monoisotopic (exact) mass is 569 g/mol. The molecule has 0 saturated carbocycles. The highest BCUT2D eigenvalue weighted by atomic mass is 16.4. The lowest BCUT2D eigenvalue weighted by atomic mass is 9.88. The Morgan fingerprint density at radius 1 is 0.674 bits per heavy atom. The Morgan fingerprint density at radius 2 is 1.19 bits per heavy atom. The van der Waals surface area contributed by atoms with Crippen molar-refractivity contribution in [2.45, 2.75) is 36.9 Å². The zero-order valence-electron chi connectivity index (χ0n) is 23.5. The Hall–Kier alpha value is -5.17. The molecule has 7 heteroatoms. The number of aliphatic carboxylic acids is 1. The van der Waals surface area contributed by atoms with Crippen molar-refractivity contribution in [1.82, 2.24) is 9.80 Å². The average Bonchev–Trinajstić information content (AvgIpc) is 3.23. The van der Waals surface area contributed by atoms with E-state index in [0.717, 1.165) is 22.3 Å². The summed E-state index contributed by atoms with van der Waals surface area (Å²) in [6.45, 7) is 0.141. The predicted octanol–water partition coefficient (Wildman–Crippen LogP) is 6.39. The van der Waals surface area contributed by atoms with Crippen LogP contribution in [0.15, 0.2) is 109 Å². The van der Waals surface area contributed by atoms with Crippen LogP contribution in [0.3, 0.4) is 0 Å². The second kappa shape index (κ2) is 10.9. The quantitative estimate of drug-likeness (QED) is 0.309. The van der Waals surface area contributed by atoms with Crippen LogP contribution in [0.5, 0.6) is 0 Å². The van der Waals surface area contributed by atoms with Crippen LogP contribution in [-0.4, -0.2) is 57.5 Å². The summed E-state index contributed by atoms with van der Waals surface area (Å²) >= 11 is 0. The fourth-order valence-electron chi connectivity index (χ4n) is 7.01. The molecule has 3 aliphatic heterocycles. The molecular weight excluding hydrogens is 538 g/mol. The van der Waals surface area contributed by atoms with E-state index in [1.807, 2.05) is 121 Å². The van der Waals surface area contributed by atoms with E-state index >= 15 is 0 Å². The minimum Gasteiger partial charge on any atom is -0.480 e. The summed E-state index contributed by atoms with van der Waals surface area (Å²) in [7, 11) is 0. The van der Waals surface area contributed by atoms with Crippen molar-refractivity contribution < 1.29 is 19.5 Å². The molecule has 1 unspecified atom stereocenters. The molecule has 0 aromatic heterocycles. The summed E-state index contributed by atoms with van der Waals surface area (Å²) < 4.78 is 0. The number of para-hydroxylation sites is 2. The SMILES string of the molecule is O=C(O)[C@H]1[C@@H]2CCC(CN1C(=O)N1c3ccccc3C=Cc3ccccc31)N2C(=O)C(c1ccccc1)c1ccccc1. The number of piperazine rings is 1. The molecular formula is C36H31N3O4. The van der Waals surface area contributed by atoms with Crippen molar-refractivity contribution >= 4 is 41.4 Å². The third kappa shape index (κ3) is 4.57. The molecule has 0 spiro atoms. The number of anilines is 2. The summed E-state index contributed by atoms with van der Waals surface area (Å²) in [5, 5.41) is 10.6. The maximum absolute atomic E-state index is 14.6. The molecule has 4 aromatic rings. The highest BCUT2D eigenvalue weighted by Gasteiger charge is 2.54. The van der Waals surface area contributed by atoms with Gasteiger partial charge >= 0.3 is 12.0 Å². The van der Waals surface area contributed by atoms with Crippen LogP contribution in [0.1, 0.15) is 41.0 Å². The molecule has 3 aliphatic rings. The van der Waals surface area contributed by atoms with Crippen molar-refractivity contribution in [2.24, 2.45) is 0 Å². The number of carbonyl (C=O) groups excluding carboxylic acids is 2. The van der Waals surface area contributed by atoms with Gasteiger partial charge in [-0.15, -0.1) is 0 Å². The molecule has 3 atom stereocenters. The summed E-state index contributed by atoms with van der Waals surface area (Å²) in [5.41, 5.74) is 4.82. The van der Waals surface area contributed by atoms with E-state index < -0.39 is 30.0 Å². The molecule has 4 aromatic carbocycles. The number of carboxylic acid groups (broad SMARTS) is 1. The summed E-state index contributed by atoms with van der Waals surface area (Å²) in [5.74, 6) is -1.81. The molecule has 1 N–H and O–H groups in total. The molecule has 0 aliphatic carbocycles. The minimum absolute atomic E-state index is 0.127. The van der Waals surface area contributed by atoms with Crippen molar-refractivity contribution in [3.05, 3.63) is 131 Å². The first kappa shape index (κ1) is 26.7. The molecule has 3 heterocycles. The van der Waals surface area contributed by atoms with E-state index in [9.17, 15) is 19.5 Å². The number of urea groups is 1. The minimum atomic E-state index is -1.18. The number of benzene rings is 4. The maximum Gasteiger partial charge on any atom is 0.330 e. The van der Waals surface area contributed by atoms with E-state index in [-0.39, 0.29) is 18.5 Å². The van der Waals surface area contributed by atoms with Gasteiger partial charge in [-0.1, -0.05) is 109 Å². The third-order valence-electron chi connectivity index (χ3n) is 8.91. The van der Waals surface area contributed by atoms with Crippen LogP contribution in [0, 0.1) is 0 Å². The number of amides is 3. The van der Waals surface area contributed by atoms with Gasteiger partial charge < -0.3 is 14.9 Å². The number of nitrogens with zero attached hydrogens (tertiary/aromatic N) is 3. The van der Waals surface area contributed by atoms with Crippen LogP contribution in [-0.2, 0) is 9.59 Å². The first-order chi connectivity index (χ1) is 21.0. The van der Waals surface area contributed by atoms with Crippen molar-refractivity contribution in [2.75, 3.05) is 11.4 Å². The molecule has 2 saturated heterocycles. The van der Waals surface area contributed by atoms with Gasteiger partial charge in [-0.3, -0.25) is 9.69 Å². The number of hydrogen-bond acceptors (Lipinski definition) is 3. The number of carboxylic acids is 1. The van der Waals surface area contributed by atoms with Gasteiger partial charge in [0.2, 0.25) is 5.91 Å². The molecule has 43 heavy (non-hydrogen) atoms. The lowest BCUT2D eigenvalue weighted by molar-refractivity contribution is -0.151. The Morgan fingerprint density at radius 3 is 1.72 bits per heavy atom. The Kier molecular flexibility index (Phi) is 6.78. The fraction of sp³-hybridized carbons (Fsp3) is 0.194. The van der Waals surface area contributed by atoms with Crippen LogP contribution in [0.4, 0.5) is 16.2 Å². The van der Waals surface area contributed by atoms with Gasteiger partial charge in [0.15, 0.2) is 6.04 Å². The van der Waals surface area contributed by atoms with Crippen LogP contribution in [0.25, 0.3) is 12.2 Å². The maximum atomic E-state index is 14.6. The standard InChI is InChI=1S/C36H31N3O4/c40-34(32(26-13-3-1-4-14-26)27-15-5-2-6-16-27)38-28-21-22-31(38)33(35(41)42)37(23-28)36(43)39-29-17-9-7-11-24(29)19-20-25-12-8-10-18-30(25)39/h1-20,28,31-33H,21-23H2,(H,41,42)/t28?,31-,33+/m0/s1. The first-order valence-electron chi connectivity index (χ1n) is 14.6. The average molecular weight is 570 g/mol. The van der Waals surface area contributed by atoms with Gasteiger partial charge in [-0.25, -0.2) is 9.59 Å². The van der Waals surface area contributed by atoms with Gasteiger partial charge in [-0.2, -0.15) is 0 Å². The fourth-order valence-corrected chi connectivity index (χ4v) is 7.01. The molecule has 7 nitrogen and oxygen atoms in total. The van der Waals surface area contributed by atoms with Crippen LogP contribution in [0.2, 0.25) is 0 Å². The lowest BCUT2D eigenvalue weighted by Crippen LogP contribution is -2.66. The number of fused-ring (bicyclic) bond motifs is 4. The number of carbonyl (C=O) groups is 3. The van der Waals surface area contributed by atoms with Gasteiger partial charge in [-0.05, 0) is 47.2 Å². The molecule has 7 rings (SSSR count). The van der Waals surface area contributed by atoms with E-state index in [1.54, 1.807) is 9.80 Å². The van der Waals surface area contributed by atoms with Crippen molar-refractivity contribution in [3.63, 3.8) is 0 Å². The lowest BCUT2D eigenvalue weighted by Gasteiger charge is -2.47. The van der Waals surface area contributed by atoms with Crippen molar-refractivity contribution in [3.8, 4) is 0 Å². The van der Waals surface area contributed by atoms with E-state index in [4.69, 9.17) is 0 Å². The molecule has 2 fully saturated rings. The smallest absolute Gasteiger partial charge is 0.330 e. The van der Waals surface area contributed by atoms with E-state index in [0.29, 0.717) is 24.2 Å².